The fraction of sp³-hybridized carbons (Fsp3) is 0. The summed E-state index contributed by atoms with van der Waals surface area (Å²) >= 11 is 1.85. The van der Waals surface area contributed by atoms with Crippen molar-refractivity contribution in [1.29, 1.82) is 0 Å². The van der Waals surface area contributed by atoms with Crippen molar-refractivity contribution in [2.24, 2.45) is 0 Å². The summed E-state index contributed by atoms with van der Waals surface area (Å²) in [4.78, 5) is 10.3. The van der Waals surface area contributed by atoms with E-state index in [1.165, 1.54) is 36.9 Å². The number of hydrogen-bond donors (Lipinski definition) is 0. The first kappa shape index (κ1) is 29.0. The molecule has 0 aliphatic carbocycles. The zero-order chi connectivity index (χ0) is 32.6. The largest absolute Gasteiger partial charge is 0.228 e. The molecule has 0 N–H and O–H groups in total. The van der Waals surface area contributed by atoms with Crippen molar-refractivity contribution in [1.82, 2.24) is 9.97 Å². The summed E-state index contributed by atoms with van der Waals surface area (Å²) in [5.74, 6) is 0.710. The molecule has 9 aromatic rings. The zero-order valence-electron chi connectivity index (χ0n) is 26.6. The molecule has 2 nitrogen and oxygen atoms in total. The van der Waals surface area contributed by atoms with Crippen molar-refractivity contribution in [3.05, 3.63) is 182 Å². The molecule has 2 heterocycles. The summed E-state index contributed by atoms with van der Waals surface area (Å²) in [6, 6.07) is 64.5. The van der Waals surface area contributed by atoms with Gasteiger partial charge in [0.15, 0.2) is 5.82 Å². The fourth-order valence-electron chi connectivity index (χ4n) is 6.67. The van der Waals surface area contributed by atoms with E-state index in [1.54, 1.807) is 0 Å². The predicted octanol–water partition coefficient (Wildman–Crippen LogP) is 12.8. The van der Waals surface area contributed by atoms with E-state index in [0.717, 1.165) is 44.8 Å². The van der Waals surface area contributed by atoms with Crippen molar-refractivity contribution in [3.8, 4) is 67.3 Å². The highest BCUT2D eigenvalue weighted by Crippen LogP contribution is 2.42. The molecule has 0 unspecified atom stereocenters. The van der Waals surface area contributed by atoms with Gasteiger partial charge in [0.05, 0.1) is 11.4 Å². The molecule has 9 rings (SSSR count). The van der Waals surface area contributed by atoms with Crippen molar-refractivity contribution in [2.45, 2.75) is 0 Å². The monoisotopic (exact) mass is 642 g/mol. The quantitative estimate of drug-likeness (QED) is 0.180. The van der Waals surface area contributed by atoms with Crippen LogP contribution in [0.25, 0.3) is 87.5 Å². The van der Waals surface area contributed by atoms with Gasteiger partial charge < -0.3 is 0 Å². The summed E-state index contributed by atoms with van der Waals surface area (Å²) in [5.41, 5.74) is 12.0. The Kier molecular flexibility index (Phi) is 7.38. The molecule has 0 fully saturated rings. The highest BCUT2D eigenvalue weighted by atomic mass is 32.1. The Labute approximate surface area is 289 Å². The third-order valence-corrected chi connectivity index (χ3v) is 10.2. The lowest BCUT2D eigenvalue weighted by molar-refractivity contribution is 1.18. The van der Waals surface area contributed by atoms with Crippen LogP contribution in [-0.2, 0) is 0 Å². The van der Waals surface area contributed by atoms with Gasteiger partial charge in [-0.2, -0.15) is 0 Å². The van der Waals surface area contributed by atoms with Crippen LogP contribution in [0.1, 0.15) is 0 Å². The minimum absolute atomic E-state index is 0.710. The number of hydrogen-bond acceptors (Lipinski definition) is 3. The van der Waals surface area contributed by atoms with E-state index < -0.39 is 0 Å². The number of thiophene rings is 1. The molecule has 0 saturated heterocycles. The molecule has 230 valence electrons. The van der Waals surface area contributed by atoms with Crippen molar-refractivity contribution in [2.75, 3.05) is 0 Å². The molecule has 0 aliphatic rings. The van der Waals surface area contributed by atoms with Crippen LogP contribution < -0.4 is 0 Å². The number of aromatic nitrogens is 2. The minimum Gasteiger partial charge on any atom is -0.228 e. The molecule has 2 aromatic heterocycles. The van der Waals surface area contributed by atoms with Crippen LogP contribution in [0, 0.1) is 0 Å². The molecule has 0 aliphatic heterocycles. The lowest BCUT2D eigenvalue weighted by atomic mass is 9.92. The van der Waals surface area contributed by atoms with Gasteiger partial charge in [-0.25, -0.2) is 9.97 Å². The fourth-order valence-corrected chi connectivity index (χ4v) is 7.80. The maximum Gasteiger partial charge on any atom is 0.160 e. The predicted molar refractivity (Wildman–Crippen MR) is 208 cm³/mol. The molecule has 0 radical (unpaired) electrons. The summed E-state index contributed by atoms with van der Waals surface area (Å²) in [6.45, 7) is 0. The smallest absolute Gasteiger partial charge is 0.160 e. The first-order valence-electron chi connectivity index (χ1n) is 16.5. The average molecular weight is 643 g/mol. The van der Waals surface area contributed by atoms with Crippen LogP contribution in [0.5, 0.6) is 0 Å². The SMILES string of the molecule is c1ccc(-c2ccc(-c3cc(-c4cc(-c5ccccc5)nc(-c5ccccc5)n4)cc(-c4cccc5sc6ccccc6c45)c3)cc2)cc1. The van der Waals surface area contributed by atoms with Crippen molar-refractivity contribution >= 4 is 31.5 Å². The standard InChI is InChI=1S/C46H30N2S/c1-4-13-31(14-5-1)32-23-25-33(26-24-32)36-27-37(39-20-12-22-44-45(39)40-19-10-11-21-43(40)49-44)29-38(28-36)42-30-41(34-15-6-2-7-16-34)47-46(48-42)35-17-8-3-9-18-35/h1-30H. The summed E-state index contributed by atoms with van der Waals surface area (Å²) in [6.07, 6.45) is 0. The van der Waals surface area contributed by atoms with E-state index >= 15 is 0 Å². The molecule has 0 amide bonds. The highest BCUT2D eigenvalue weighted by Gasteiger charge is 2.16. The van der Waals surface area contributed by atoms with Gasteiger partial charge in [-0.1, -0.05) is 146 Å². The van der Waals surface area contributed by atoms with Gasteiger partial charge >= 0.3 is 0 Å². The van der Waals surface area contributed by atoms with Crippen LogP contribution in [0.15, 0.2) is 182 Å². The van der Waals surface area contributed by atoms with E-state index in [0.29, 0.717) is 5.82 Å². The number of fused-ring (bicyclic) bond motifs is 3. The summed E-state index contributed by atoms with van der Waals surface area (Å²) < 4.78 is 2.59. The van der Waals surface area contributed by atoms with Gasteiger partial charge in [0, 0.05) is 36.9 Å². The van der Waals surface area contributed by atoms with E-state index in [9.17, 15) is 0 Å². The first-order chi connectivity index (χ1) is 24.3. The number of benzene rings is 7. The minimum atomic E-state index is 0.710. The van der Waals surface area contributed by atoms with Crippen molar-refractivity contribution < 1.29 is 0 Å². The van der Waals surface area contributed by atoms with Crippen LogP contribution in [-0.4, -0.2) is 9.97 Å². The molecule has 49 heavy (non-hydrogen) atoms. The Bertz CT molecular complexity index is 2510. The Morgan fingerprint density at radius 3 is 1.55 bits per heavy atom. The van der Waals surface area contributed by atoms with E-state index in [4.69, 9.17) is 9.97 Å². The third-order valence-electron chi connectivity index (χ3n) is 9.10. The number of rotatable bonds is 6. The molecule has 3 heteroatoms. The Hall–Kier alpha value is -6.16. The maximum absolute atomic E-state index is 5.22. The third kappa shape index (κ3) is 5.61. The van der Waals surface area contributed by atoms with Gasteiger partial charge in [0.1, 0.15) is 0 Å². The van der Waals surface area contributed by atoms with Crippen LogP contribution >= 0.6 is 11.3 Å². The lowest BCUT2D eigenvalue weighted by Crippen LogP contribution is -1.96. The zero-order valence-corrected chi connectivity index (χ0v) is 27.4. The molecule has 0 atom stereocenters. The second-order valence-corrected chi connectivity index (χ2v) is 13.3. The van der Waals surface area contributed by atoms with Crippen LogP contribution in [0.4, 0.5) is 0 Å². The molecule has 0 spiro atoms. The van der Waals surface area contributed by atoms with Gasteiger partial charge in [0.25, 0.3) is 0 Å². The van der Waals surface area contributed by atoms with Gasteiger partial charge in [-0.15, -0.1) is 11.3 Å². The van der Waals surface area contributed by atoms with E-state index in [1.807, 2.05) is 35.6 Å². The Morgan fingerprint density at radius 2 is 0.837 bits per heavy atom. The van der Waals surface area contributed by atoms with Crippen LogP contribution in [0.2, 0.25) is 0 Å². The van der Waals surface area contributed by atoms with Gasteiger partial charge in [-0.3, -0.25) is 0 Å². The molecule has 0 bridgehead atoms. The first-order valence-corrected chi connectivity index (χ1v) is 17.3. The summed E-state index contributed by atoms with van der Waals surface area (Å²) in [7, 11) is 0. The highest BCUT2D eigenvalue weighted by molar-refractivity contribution is 7.25. The maximum atomic E-state index is 5.22. The molecule has 7 aromatic carbocycles. The van der Waals surface area contributed by atoms with Crippen molar-refractivity contribution in [3.63, 3.8) is 0 Å². The normalized spacial score (nSPS) is 11.3. The second kappa shape index (κ2) is 12.5. The van der Waals surface area contributed by atoms with Crippen LogP contribution in [0.3, 0.4) is 0 Å². The lowest BCUT2D eigenvalue weighted by Gasteiger charge is -2.14. The summed E-state index contributed by atoms with van der Waals surface area (Å²) in [5, 5.41) is 2.58. The average Bonchev–Trinajstić information content (AvgIpc) is 3.58. The Morgan fingerprint density at radius 1 is 0.327 bits per heavy atom. The van der Waals surface area contributed by atoms with E-state index in [2.05, 4.69) is 158 Å². The van der Waals surface area contributed by atoms with Gasteiger partial charge in [0.2, 0.25) is 0 Å². The molecule has 0 saturated carbocycles. The molecular weight excluding hydrogens is 613 g/mol. The van der Waals surface area contributed by atoms with E-state index in [-0.39, 0.29) is 0 Å². The molecular formula is C46H30N2S. The Balaban J connectivity index is 1.27. The second-order valence-electron chi connectivity index (χ2n) is 12.2. The number of nitrogens with zero attached hydrogens (tertiary/aromatic N) is 2. The van der Waals surface area contributed by atoms with Gasteiger partial charge in [-0.05, 0) is 69.8 Å². The topological polar surface area (TPSA) is 25.8 Å².